The molecular weight excluding hydrogens is 302 g/mol. The van der Waals surface area contributed by atoms with E-state index in [4.69, 9.17) is 5.73 Å². The van der Waals surface area contributed by atoms with Crippen LogP contribution in [0.4, 0.5) is 0 Å². The number of unbranched alkanes of at least 4 members (excludes halogenated alkanes) is 6. The first kappa shape index (κ1) is 20.6. The van der Waals surface area contributed by atoms with E-state index in [1.165, 1.54) is 38.5 Å². The fourth-order valence-electron chi connectivity index (χ4n) is 3.07. The number of quaternary nitrogens is 1. The number of nitrogens with zero attached hydrogens (tertiary/aromatic N) is 2. The van der Waals surface area contributed by atoms with Gasteiger partial charge in [-0.15, -0.1) is 0 Å². The summed E-state index contributed by atoms with van der Waals surface area (Å²) in [6.07, 6.45) is 18.1. The molecule has 136 valence electrons. The summed E-state index contributed by atoms with van der Waals surface area (Å²) in [5.41, 5.74) is 6.06. The molecule has 5 heteroatoms. The van der Waals surface area contributed by atoms with Crippen molar-refractivity contribution in [3.63, 3.8) is 0 Å². The molecule has 0 bridgehead atoms. The SMILES string of the molecule is CCC/C=C/CCCCCCCC1=NC=C[N+]1(CC(=O)O)C(C)N. The lowest BCUT2D eigenvalue weighted by Crippen LogP contribution is -2.59. The number of hydrogen-bond acceptors (Lipinski definition) is 3. The van der Waals surface area contributed by atoms with Gasteiger partial charge in [0.25, 0.3) is 0 Å². The third-order valence-electron chi connectivity index (χ3n) is 4.55. The van der Waals surface area contributed by atoms with Crippen LogP contribution >= 0.6 is 0 Å². The summed E-state index contributed by atoms with van der Waals surface area (Å²) >= 11 is 0. The molecule has 5 nitrogen and oxygen atoms in total. The van der Waals surface area contributed by atoms with E-state index in [-0.39, 0.29) is 17.2 Å². The molecule has 2 unspecified atom stereocenters. The van der Waals surface area contributed by atoms with Crippen molar-refractivity contribution >= 4 is 11.8 Å². The van der Waals surface area contributed by atoms with Crippen LogP contribution in [0, 0.1) is 0 Å². The number of carbonyl (C=O) groups is 1. The third kappa shape index (κ3) is 6.57. The minimum absolute atomic E-state index is 0.0307. The van der Waals surface area contributed by atoms with E-state index in [2.05, 4.69) is 24.1 Å². The average molecular weight is 337 g/mol. The number of carboxylic acids is 1. The number of aliphatic imine (C=N–C) groups is 1. The Labute approximate surface area is 146 Å². The van der Waals surface area contributed by atoms with Crippen LogP contribution < -0.4 is 5.73 Å². The summed E-state index contributed by atoms with van der Waals surface area (Å²) in [5.74, 6) is 0.0394. The number of amidine groups is 1. The third-order valence-corrected chi connectivity index (χ3v) is 4.55. The van der Waals surface area contributed by atoms with Crippen molar-refractivity contribution in [1.82, 2.24) is 0 Å². The zero-order chi connectivity index (χ0) is 17.8. The fraction of sp³-hybridized carbons (Fsp3) is 0.684. The lowest BCUT2D eigenvalue weighted by Gasteiger charge is -2.34. The van der Waals surface area contributed by atoms with Crippen LogP contribution in [0.25, 0.3) is 0 Å². The van der Waals surface area contributed by atoms with Crippen LogP contribution in [0.3, 0.4) is 0 Å². The van der Waals surface area contributed by atoms with Crippen molar-refractivity contribution < 1.29 is 14.4 Å². The summed E-state index contributed by atoms with van der Waals surface area (Å²) in [6.45, 7) is 4.01. The first-order valence-electron chi connectivity index (χ1n) is 9.27. The molecule has 1 aliphatic rings. The number of hydrogen-bond donors (Lipinski definition) is 2. The predicted molar refractivity (Wildman–Crippen MR) is 99.4 cm³/mol. The topological polar surface area (TPSA) is 75.7 Å². The number of nitrogens with two attached hydrogens (primary N) is 1. The molecule has 0 aromatic carbocycles. The predicted octanol–water partition coefficient (Wildman–Crippen LogP) is 4.16. The van der Waals surface area contributed by atoms with E-state index < -0.39 is 5.97 Å². The van der Waals surface area contributed by atoms with Gasteiger partial charge in [0, 0.05) is 13.3 Å². The number of rotatable bonds is 13. The molecule has 0 radical (unpaired) electrons. The van der Waals surface area contributed by atoms with Gasteiger partial charge in [-0.3, -0.25) is 5.73 Å². The van der Waals surface area contributed by atoms with E-state index >= 15 is 0 Å². The maximum atomic E-state index is 11.2. The van der Waals surface area contributed by atoms with Gasteiger partial charge in [0.15, 0.2) is 6.54 Å². The van der Waals surface area contributed by atoms with Crippen molar-refractivity contribution in [2.45, 2.75) is 77.8 Å². The fourth-order valence-corrected chi connectivity index (χ4v) is 3.07. The molecule has 24 heavy (non-hydrogen) atoms. The first-order chi connectivity index (χ1) is 11.5. The molecule has 0 saturated carbocycles. The highest BCUT2D eigenvalue weighted by Gasteiger charge is 2.40. The molecule has 0 fully saturated rings. The molecular formula is C19H34N3O2+. The van der Waals surface area contributed by atoms with Gasteiger partial charge in [0.1, 0.15) is 12.4 Å². The molecule has 1 rings (SSSR count). The van der Waals surface area contributed by atoms with Crippen LogP contribution in [-0.2, 0) is 4.79 Å². The Hall–Kier alpha value is -1.46. The maximum Gasteiger partial charge on any atom is 0.360 e. The Morgan fingerprint density at radius 1 is 1.25 bits per heavy atom. The van der Waals surface area contributed by atoms with Gasteiger partial charge in [-0.25, -0.2) is 14.3 Å². The standard InChI is InChI=1S/C19H33N3O2/c1-3-4-5-6-7-8-9-10-11-12-13-18-21-14-15-22(18,17(2)20)16-19(23)24/h5-6,14-15,17H,3-4,7-13,16,20H2,1-2H3/p+1/b6-5+. The van der Waals surface area contributed by atoms with Crippen LogP contribution in [-0.4, -0.2) is 34.1 Å². The lowest BCUT2D eigenvalue weighted by atomic mass is 10.1. The zero-order valence-electron chi connectivity index (χ0n) is 15.3. The van der Waals surface area contributed by atoms with E-state index in [1.54, 1.807) is 6.20 Å². The average Bonchev–Trinajstić information content (AvgIpc) is 2.92. The molecule has 1 aliphatic heterocycles. The largest absolute Gasteiger partial charge is 0.477 e. The number of allylic oxidation sites excluding steroid dienone is 2. The van der Waals surface area contributed by atoms with E-state index in [0.29, 0.717) is 0 Å². The van der Waals surface area contributed by atoms with E-state index in [0.717, 1.165) is 25.1 Å². The van der Waals surface area contributed by atoms with E-state index in [9.17, 15) is 9.90 Å². The zero-order valence-corrected chi connectivity index (χ0v) is 15.3. The Bertz CT molecular complexity index is 469. The van der Waals surface area contributed by atoms with Gasteiger partial charge >= 0.3 is 5.97 Å². The number of aliphatic carboxylic acids is 1. The summed E-state index contributed by atoms with van der Waals surface area (Å²) in [6, 6.07) is 0. The van der Waals surface area contributed by atoms with Crippen molar-refractivity contribution in [2.75, 3.05) is 6.54 Å². The Morgan fingerprint density at radius 3 is 2.58 bits per heavy atom. The molecule has 2 atom stereocenters. The molecule has 0 aliphatic carbocycles. The monoisotopic (exact) mass is 336 g/mol. The molecule has 0 spiro atoms. The Kier molecular flexibility index (Phi) is 9.57. The van der Waals surface area contributed by atoms with E-state index in [1.807, 2.05) is 13.1 Å². The minimum Gasteiger partial charge on any atom is -0.477 e. The first-order valence-corrected chi connectivity index (χ1v) is 9.27. The summed E-state index contributed by atoms with van der Waals surface area (Å²) in [7, 11) is 0. The minimum atomic E-state index is -0.845. The molecule has 0 aromatic rings. The normalized spacial score (nSPS) is 21.4. The molecule has 0 aromatic heterocycles. The van der Waals surface area contributed by atoms with Crippen LogP contribution in [0.2, 0.25) is 0 Å². The highest BCUT2D eigenvalue weighted by Crippen LogP contribution is 2.23. The smallest absolute Gasteiger partial charge is 0.360 e. The number of carboxylic acid groups (broad SMARTS) is 1. The molecule has 0 saturated heterocycles. The van der Waals surface area contributed by atoms with Crippen molar-refractivity contribution in [1.29, 1.82) is 0 Å². The van der Waals surface area contributed by atoms with Gasteiger partial charge in [-0.05, 0) is 25.7 Å². The molecule has 3 N–H and O–H groups in total. The second kappa shape index (κ2) is 11.2. The second-order valence-corrected chi connectivity index (χ2v) is 6.63. The van der Waals surface area contributed by atoms with Crippen LogP contribution in [0.15, 0.2) is 29.5 Å². The van der Waals surface area contributed by atoms with Gasteiger partial charge in [-0.2, -0.15) is 0 Å². The Morgan fingerprint density at radius 2 is 1.92 bits per heavy atom. The van der Waals surface area contributed by atoms with Gasteiger partial charge in [-0.1, -0.05) is 44.8 Å². The highest BCUT2D eigenvalue weighted by molar-refractivity contribution is 5.81. The quantitative estimate of drug-likeness (QED) is 0.301. The van der Waals surface area contributed by atoms with Crippen molar-refractivity contribution in [3.8, 4) is 0 Å². The highest BCUT2D eigenvalue weighted by atomic mass is 16.4. The van der Waals surface area contributed by atoms with Gasteiger partial charge in [0.2, 0.25) is 5.84 Å². The molecule has 1 heterocycles. The summed E-state index contributed by atoms with van der Waals surface area (Å²) < 4.78 is 0.164. The van der Waals surface area contributed by atoms with Crippen LogP contribution in [0.1, 0.15) is 71.6 Å². The summed E-state index contributed by atoms with van der Waals surface area (Å²) in [5, 5.41) is 9.19. The van der Waals surface area contributed by atoms with Gasteiger partial charge in [0.05, 0.1) is 6.20 Å². The lowest BCUT2D eigenvalue weighted by molar-refractivity contribution is -0.805. The second-order valence-electron chi connectivity index (χ2n) is 6.63. The summed E-state index contributed by atoms with van der Waals surface area (Å²) in [4.78, 5) is 15.6. The maximum absolute atomic E-state index is 11.2. The van der Waals surface area contributed by atoms with Crippen molar-refractivity contribution in [2.24, 2.45) is 10.7 Å². The van der Waals surface area contributed by atoms with Crippen molar-refractivity contribution in [3.05, 3.63) is 24.6 Å². The van der Waals surface area contributed by atoms with Gasteiger partial charge < -0.3 is 5.11 Å². The Balaban J connectivity index is 2.26. The van der Waals surface area contributed by atoms with Crippen LogP contribution in [0.5, 0.6) is 0 Å². The molecule has 0 amide bonds.